The standard InChI is InChI=1S/C11H26N2O4Si2/c1-14-18(15-2)9-5-7-12(18)11-13-8-6-10-19(13,16-3)17-4/h5-11H2,1-4H3. The Bertz CT molecular complexity index is 272. The van der Waals surface area contributed by atoms with E-state index in [1.165, 1.54) is 0 Å². The van der Waals surface area contributed by atoms with Crippen molar-refractivity contribution in [2.45, 2.75) is 24.9 Å². The minimum absolute atomic E-state index is 0.849. The van der Waals surface area contributed by atoms with E-state index in [9.17, 15) is 0 Å². The van der Waals surface area contributed by atoms with Crippen molar-refractivity contribution in [3.05, 3.63) is 0 Å². The molecular formula is C11H26N2O4Si2. The van der Waals surface area contributed by atoms with Crippen molar-refractivity contribution in [1.29, 1.82) is 0 Å². The van der Waals surface area contributed by atoms with Crippen LogP contribution in [0.5, 0.6) is 0 Å². The fourth-order valence-corrected chi connectivity index (χ4v) is 9.23. The van der Waals surface area contributed by atoms with E-state index in [1.807, 2.05) is 0 Å². The highest BCUT2D eigenvalue weighted by atomic mass is 28.4. The van der Waals surface area contributed by atoms with Crippen LogP contribution in [0.3, 0.4) is 0 Å². The molecule has 0 aromatic rings. The molecule has 19 heavy (non-hydrogen) atoms. The van der Waals surface area contributed by atoms with Gasteiger partial charge in [0.15, 0.2) is 0 Å². The summed E-state index contributed by atoms with van der Waals surface area (Å²) in [4.78, 5) is 0. The van der Waals surface area contributed by atoms with Crippen molar-refractivity contribution in [2.75, 3.05) is 48.2 Å². The molecule has 2 aliphatic heterocycles. The Balaban J connectivity index is 2.08. The minimum Gasteiger partial charge on any atom is -0.386 e. The quantitative estimate of drug-likeness (QED) is 0.677. The molecule has 0 amide bonds. The molecule has 2 heterocycles. The molecular weight excluding hydrogens is 280 g/mol. The zero-order valence-electron chi connectivity index (χ0n) is 12.5. The largest absolute Gasteiger partial charge is 0.428 e. The highest BCUT2D eigenvalue weighted by molar-refractivity contribution is 6.66. The normalized spacial score (nSPS) is 27.2. The topological polar surface area (TPSA) is 43.4 Å². The van der Waals surface area contributed by atoms with Gasteiger partial charge in [-0.25, -0.2) is 0 Å². The first-order valence-corrected chi connectivity index (χ1v) is 10.8. The lowest BCUT2D eigenvalue weighted by atomic mass is 10.5. The van der Waals surface area contributed by atoms with E-state index < -0.39 is 17.4 Å². The number of rotatable bonds is 6. The molecule has 112 valence electrons. The first-order valence-electron chi connectivity index (χ1n) is 6.87. The van der Waals surface area contributed by atoms with E-state index >= 15 is 0 Å². The molecule has 2 aliphatic rings. The third kappa shape index (κ3) is 2.68. The summed E-state index contributed by atoms with van der Waals surface area (Å²) < 4.78 is 27.8. The average Bonchev–Trinajstić information content (AvgIpc) is 3.04. The van der Waals surface area contributed by atoms with Gasteiger partial charge in [0.05, 0.1) is 0 Å². The van der Waals surface area contributed by atoms with Crippen LogP contribution in [0.1, 0.15) is 12.8 Å². The lowest BCUT2D eigenvalue weighted by Gasteiger charge is -2.39. The fourth-order valence-electron chi connectivity index (χ4n) is 3.30. The lowest BCUT2D eigenvalue weighted by molar-refractivity contribution is 0.125. The molecule has 0 saturated carbocycles. The van der Waals surface area contributed by atoms with Gasteiger partial charge in [-0.3, -0.25) is 9.13 Å². The summed E-state index contributed by atoms with van der Waals surface area (Å²) in [6, 6.07) is 2.09. The molecule has 6 nitrogen and oxygen atoms in total. The van der Waals surface area contributed by atoms with Crippen molar-refractivity contribution < 1.29 is 17.7 Å². The van der Waals surface area contributed by atoms with Gasteiger partial charge in [-0.15, -0.1) is 0 Å². The van der Waals surface area contributed by atoms with E-state index in [-0.39, 0.29) is 0 Å². The predicted molar refractivity (Wildman–Crippen MR) is 76.7 cm³/mol. The van der Waals surface area contributed by atoms with Crippen molar-refractivity contribution in [2.24, 2.45) is 0 Å². The van der Waals surface area contributed by atoms with Gasteiger partial charge < -0.3 is 17.7 Å². The number of nitrogens with zero attached hydrogens (tertiary/aromatic N) is 2. The maximum atomic E-state index is 5.76. The first-order chi connectivity index (χ1) is 9.16. The Kier molecular flexibility index (Phi) is 5.17. The van der Waals surface area contributed by atoms with Crippen LogP contribution in [-0.4, -0.2) is 74.8 Å². The molecule has 8 heteroatoms. The molecule has 0 aromatic carbocycles. The summed E-state index contributed by atoms with van der Waals surface area (Å²) in [7, 11) is 2.77. The number of hydrogen-bond acceptors (Lipinski definition) is 6. The fraction of sp³-hybridized carbons (Fsp3) is 1.00. The SMILES string of the molecule is CO[Si]1(OC)CCCN1CN1CCC[Si]1(OC)OC. The van der Waals surface area contributed by atoms with Crippen LogP contribution in [0.25, 0.3) is 0 Å². The number of hydrogen-bond donors (Lipinski definition) is 0. The van der Waals surface area contributed by atoms with Gasteiger partial charge in [-0.2, -0.15) is 0 Å². The van der Waals surface area contributed by atoms with Crippen molar-refractivity contribution in [3.8, 4) is 0 Å². The molecule has 0 aromatic heterocycles. The lowest BCUT2D eigenvalue weighted by Crippen LogP contribution is -2.62. The van der Waals surface area contributed by atoms with Gasteiger partial charge in [0.2, 0.25) is 0 Å². The van der Waals surface area contributed by atoms with Crippen LogP contribution < -0.4 is 0 Å². The second kappa shape index (κ2) is 6.31. The van der Waals surface area contributed by atoms with E-state index in [0.717, 1.165) is 44.7 Å². The Morgan fingerprint density at radius 1 is 0.737 bits per heavy atom. The molecule has 0 unspecified atom stereocenters. The third-order valence-electron chi connectivity index (χ3n) is 4.42. The van der Waals surface area contributed by atoms with E-state index in [0.29, 0.717) is 0 Å². The summed E-state index contributed by atoms with van der Waals surface area (Å²) >= 11 is 0. The van der Waals surface area contributed by atoms with Crippen LogP contribution in [0.4, 0.5) is 0 Å². The summed E-state index contributed by atoms with van der Waals surface area (Å²) in [6.45, 7) is 2.94. The highest BCUT2D eigenvalue weighted by Crippen LogP contribution is 2.32. The zero-order chi connectivity index (χ0) is 13.9. The molecule has 2 saturated heterocycles. The molecule has 0 atom stereocenters. The Morgan fingerprint density at radius 2 is 1.11 bits per heavy atom. The molecule has 0 aliphatic carbocycles. The molecule has 0 radical (unpaired) electrons. The van der Waals surface area contributed by atoms with E-state index in [4.69, 9.17) is 17.7 Å². The van der Waals surface area contributed by atoms with Crippen molar-refractivity contribution in [3.63, 3.8) is 0 Å². The summed E-state index contributed by atoms with van der Waals surface area (Å²) in [5.41, 5.74) is 0. The average molecular weight is 307 g/mol. The molecule has 2 rings (SSSR count). The highest BCUT2D eigenvalue weighted by Gasteiger charge is 2.53. The van der Waals surface area contributed by atoms with E-state index in [2.05, 4.69) is 9.13 Å². The predicted octanol–water partition coefficient (Wildman–Crippen LogP) is 0.819. The van der Waals surface area contributed by atoms with Crippen LogP contribution in [-0.2, 0) is 17.7 Å². The smallest absolute Gasteiger partial charge is 0.386 e. The van der Waals surface area contributed by atoms with Gasteiger partial charge in [-0.1, -0.05) is 0 Å². The Labute approximate surface area is 118 Å². The summed E-state index contributed by atoms with van der Waals surface area (Å²) in [6.07, 6.45) is 2.30. The van der Waals surface area contributed by atoms with Crippen LogP contribution >= 0.6 is 0 Å². The van der Waals surface area contributed by atoms with Crippen LogP contribution in [0.2, 0.25) is 12.1 Å². The molecule has 2 fully saturated rings. The van der Waals surface area contributed by atoms with Gasteiger partial charge in [-0.05, 0) is 25.9 Å². The third-order valence-corrected chi connectivity index (χ3v) is 11.6. The first kappa shape index (κ1) is 15.6. The monoisotopic (exact) mass is 306 g/mol. The van der Waals surface area contributed by atoms with Crippen LogP contribution in [0, 0.1) is 0 Å². The second-order valence-electron chi connectivity index (χ2n) is 5.12. The van der Waals surface area contributed by atoms with Gasteiger partial charge in [0, 0.05) is 47.2 Å². The van der Waals surface area contributed by atoms with Crippen LogP contribution in [0.15, 0.2) is 0 Å². The minimum atomic E-state index is -2.16. The van der Waals surface area contributed by atoms with Crippen molar-refractivity contribution >= 4 is 17.4 Å². The maximum absolute atomic E-state index is 5.76. The second-order valence-corrected chi connectivity index (χ2v) is 11.9. The Hall–Kier alpha value is 0.194. The van der Waals surface area contributed by atoms with Gasteiger partial charge in [0.1, 0.15) is 0 Å². The summed E-state index contributed by atoms with van der Waals surface area (Å²) in [5.74, 6) is 0. The van der Waals surface area contributed by atoms with Gasteiger partial charge in [0.25, 0.3) is 0 Å². The summed E-state index contributed by atoms with van der Waals surface area (Å²) in [5, 5.41) is 0. The van der Waals surface area contributed by atoms with Gasteiger partial charge >= 0.3 is 17.4 Å². The molecule has 0 spiro atoms. The Morgan fingerprint density at radius 3 is 1.42 bits per heavy atom. The zero-order valence-corrected chi connectivity index (χ0v) is 14.5. The maximum Gasteiger partial charge on any atom is 0.428 e. The molecule has 0 bridgehead atoms. The van der Waals surface area contributed by atoms with E-state index in [1.54, 1.807) is 28.4 Å². The molecule has 0 N–H and O–H groups in total. The van der Waals surface area contributed by atoms with Crippen molar-refractivity contribution in [1.82, 2.24) is 9.13 Å².